The second-order valence-electron chi connectivity index (χ2n) is 11.6. The topological polar surface area (TPSA) is 123 Å². The van der Waals surface area contributed by atoms with Crippen molar-refractivity contribution in [3.05, 3.63) is 119 Å². The highest BCUT2D eigenvalue weighted by molar-refractivity contribution is 7.92. The number of rotatable bonds is 12. The molecule has 4 aromatic carbocycles. The first-order chi connectivity index (χ1) is 22.7. The molecule has 0 bridgehead atoms. The van der Waals surface area contributed by atoms with Crippen molar-refractivity contribution in [1.29, 1.82) is 0 Å². The number of fused-ring (bicyclic) bond motifs is 1. The third kappa shape index (κ3) is 6.81. The van der Waals surface area contributed by atoms with Gasteiger partial charge in [0, 0.05) is 25.4 Å². The van der Waals surface area contributed by atoms with Gasteiger partial charge in [0.25, 0.3) is 0 Å². The molecule has 244 valence electrons. The quantitative estimate of drug-likeness (QED) is 0.163. The number of nitrogens with two attached hydrogens (primary N) is 1. The highest BCUT2D eigenvalue weighted by atomic mass is 32.2. The van der Waals surface area contributed by atoms with Crippen molar-refractivity contribution in [2.24, 2.45) is 5.73 Å². The minimum absolute atomic E-state index is 0.0384. The van der Waals surface area contributed by atoms with Crippen LogP contribution in [0.3, 0.4) is 0 Å². The van der Waals surface area contributed by atoms with Gasteiger partial charge in [0.1, 0.15) is 18.0 Å². The van der Waals surface area contributed by atoms with Gasteiger partial charge in [0.15, 0.2) is 27.2 Å². The lowest BCUT2D eigenvalue weighted by atomic mass is 9.99. The third-order valence-electron chi connectivity index (χ3n) is 8.28. The van der Waals surface area contributed by atoms with Crippen molar-refractivity contribution >= 4 is 27.5 Å². The lowest BCUT2D eigenvalue weighted by Gasteiger charge is -2.29. The van der Waals surface area contributed by atoms with Gasteiger partial charge in [-0.15, -0.1) is 0 Å². The summed E-state index contributed by atoms with van der Waals surface area (Å²) >= 11 is 0. The van der Waals surface area contributed by atoms with Gasteiger partial charge < -0.3 is 30.7 Å². The zero-order valence-electron chi connectivity index (χ0n) is 26.2. The van der Waals surface area contributed by atoms with Crippen LogP contribution in [0.25, 0.3) is 6.08 Å². The smallest absolute Gasteiger partial charge is 0.247 e. The summed E-state index contributed by atoms with van der Waals surface area (Å²) in [5, 5.41) is 5.59. The fourth-order valence-electron chi connectivity index (χ4n) is 5.55. The predicted octanol–water partition coefficient (Wildman–Crippen LogP) is 6.30. The number of hydrogen-bond acceptors (Lipinski definition) is 8. The third-order valence-corrected chi connectivity index (χ3v) is 10.6. The van der Waals surface area contributed by atoms with Gasteiger partial charge in [-0.3, -0.25) is 4.79 Å². The molecule has 0 saturated heterocycles. The first-order valence-electron chi connectivity index (χ1n) is 15.5. The van der Waals surface area contributed by atoms with E-state index in [0.29, 0.717) is 59.0 Å². The number of para-hydroxylation sites is 1. The fraction of sp³-hybridized carbons (Fsp3) is 0.250. The number of carbonyl (C=O) groups is 1. The molecule has 0 aromatic heterocycles. The maximum Gasteiger partial charge on any atom is 0.247 e. The first-order valence-corrected chi connectivity index (χ1v) is 17.1. The van der Waals surface area contributed by atoms with Gasteiger partial charge >= 0.3 is 0 Å². The van der Waals surface area contributed by atoms with Gasteiger partial charge in [-0.1, -0.05) is 48.5 Å². The monoisotopic (exact) mass is 656 g/mol. The Balaban J connectivity index is 1.34. The molecule has 6 rings (SSSR count). The van der Waals surface area contributed by atoms with Crippen LogP contribution in [0.2, 0.25) is 0 Å². The molecule has 4 aromatic rings. The number of halogens is 1. The number of benzene rings is 4. The van der Waals surface area contributed by atoms with Crippen molar-refractivity contribution < 1.29 is 27.1 Å². The molecule has 0 radical (unpaired) electrons. The predicted molar refractivity (Wildman–Crippen MR) is 179 cm³/mol. The Morgan fingerprint density at radius 1 is 1.02 bits per heavy atom. The summed E-state index contributed by atoms with van der Waals surface area (Å²) in [5.41, 5.74) is 8.30. The van der Waals surface area contributed by atoms with Crippen LogP contribution >= 0.6 is 0 Å². The molecule has 1 heterocycles. The van der Waals surface area contributed by atoms with E-state index in [1.807, 2.05) is 44.3 Å². The lowest BCUT2D eigenvalue weighted by Crippen LogP contribution is -2.34. The average molecular weight is 657 g/mol. The van der Waals surface area contributed by atoms with Crippen LogP contribution in [-0.4, -0.2) is 38.1 Å². The minimum atomic E-state index is -3.50. The molecule has 9 nitrogen and oxygen atoms in total. The Hall–Kier alpha value is -4.87. The molecule has 1 fully saturated rings. The van der Waals surface area contributed by atoms with Crippen LogP contribution in [0.5, 0.6) is 17.2 Å². The van der Waals surface area contributed by atoms with Gasteiger partial charge in [0.05, 0.1) is 22.4 Å². The van der Waals surface area contributed by atoms with Crippen molar-refractivity contribution in [3.63, 3.8) is 0 Å². The summed E-state index contributed by atoms with van der Waals surface area (Å²) in [5.74, 6) is 0.420. The number of carbonyl (C=O) groups excluding carboxylic acids is 1. The van der Waals surface area contributed by atoms with E-state index >= 15 is 4.39 Å². The van der Waals surface area contributed by atoms with E-state index in [-0.39, 0.29) is 17.1 Å². The van der Waals surface area contributed by atoms with Crippen LogP contribution in [0.4, 0.5) is 10.1 Å². The van der Waals surface area contributed by atoms with Gasteiger partial charge in [-0.05, 0) is 78.9 Å². The van der Waals surface area contributed by atoms with Crippen LogP contribution in [0.1, 0.15) is 54.2 Å². The average Bonchev–Trinajstić information content (AvgIpc) is 3.94. The fourth-order valence-corrected chi connectivity index (χ4v) is 7.44. The summed E-state index contributed by atoms with van der Waals surface area (Å²) in [6, 6.07) is 23.2. The van der Waals surface area contributed by atoms with Gasteiger partial charge in [0.2, 0.25) is 5.91 Å². The zero-order valence-corrected chi connectivity index (χ0v) is 27.0. The summed E-state index contributed by atoms with van der Waals surface area (Å²) in [6.45, 7) is 2.14. The van der Waals surface area contributed by atoms with Crippen molar-refractivity contribution in [2.75, 3.05) is 19.0 Å². The molecule has 1 amide bonds. The summed E-state index contributed by atoms with van der Waals surface area (Å²) < 4.78 is 54.2. The second kappa shape index (κ2) is 13.5. The number of sulfone groups is 1. The standard InChI is InChI=1S/C36H37FN4O5S/c1-3-45-31-21-23(13-18-30(31)46-25-10-5-4-6-11-25)34(40-29-17-16-28-27(33(29)37)19-20-41(2)35(28)38)36(42)39-22-24-9-7-8-12-32(24)47(43,44)26-14-15-26/h4-13,16-21,26,34-35,40H,3,14-15,22,38H2,1-2H3,(H,39,42). The molecule has 2 atom stereocenters. The summed E-state index contributed by atoms with van der Waals surface area (Å²) in [4.78, 5) is 16.0. The van der Waals surface area contributed by atoms with Crippen LogP contribution < -0.4 is 25.8 Å². The van der Waals surface area contributed by atoms with Crippen LogP contribution in [-0.2, 0) is 21.2 Å². The summed E-state index contributed by atoms with van der Waals surface area (Å²) in [6.07, 6.45) is 4.09. The molecule has 4 N–H and O–H groups in total. The number of nitrogens with zero attached hydrogens (tertiary/aromatic N) is 1. The highest BCUT2D eigenvalue weighted by Crippen LogP contribution is 2.38. The Labute approximate surface area is 274 Å². The molecule has 2 aliphatic rings. The zero-order chi connectivity index (χ0) is 33.1. The Bertz CT molecular complexity index is 1910. The number of hydrogen-bond donors (Lipinski definition) is 3. The van der Waals surface area contributed by atoms with E-state index in [9.17, 15) is 13.2 Å². The van der Waals surface area contributed by atoms with Gasteiger partial charge in [-0.25, -0.2) is 12.8 Å². The number of anilines is 1. The Kier molecular flexibility index (Phi) is 9.19. The first kappa shape index (κ1) is 32.1. The molecular formula is C36H37FN4O5S. The SMILES string of the molecule is CCOc1cc(C(Nc2ccc3c(c2F)C=CN(C)C3N)C(=O)NCc2ccccc2S(=O)(=O)C2CC2)ccc1Oc1ccccc1. The van der Waals surface area contributed by atoms with Crippen molar-refractivity contribution in [3.8, 4) is 17.2 Å². The molecule has 11 heteroatoms. The molecular weight excluding hydrogens is 619 g/mol. The Morgan fingerprint density at radius 2 is 1.77 bits per heavy atom. The highest BCUT2D eigenvalue weighted by Gasteiger charge is 2.38. The summed E-state index contributed by atoms with van der Waals surface area (Å²) in [7, 11) is -1.69. The lowest BCUT2D eigenvalue weighted by molar-refractivity contribution is -0.122. The Morgan fingerprint density at radius 3 is 2.51 bits per heavy atom. The number of amides is 1. The molecule has 1 aliphatic carbocycles. The number of ether oxygens (including phenoxy) is 2. The maximum atomic E-state index is 16.0. The van der Waals surface area contributed by atoms with E-state index in [1.54, 1.807) is 71.8 Å². The van der Waals surface area contributed by atoms with Gasteiger partial charge in [-0.2, -0.15) is 0 Å². The van der Waals surface area contributed by atoms with E-state index in [1.165, 1.54) is 0 Å². The van der Waals surface area contributed by atoms with Crippen LogP contribution in [0.15, 0.2) is 96.0 Å². The van der Waals surface area contributed by atoms with Crippen LogP contribution in [0, 0.1) is 5.82 Å². The normalized spacial score (nSPS) is 16.3. The molecule has 2 unspecified atom stereocenters. The number of nitrogens with one attached hydrogen (secondary N) is 2. The minimum Gasteiger partial charge on any atom is -0.490 e. The maximum absolute atomic E-state index is 16.0. The molecule has 1 saturated carbocycles. The van der Waals surface area contributed by atoms with E-state index in [4.69, 9.17) is 15.2 Å². The van der Waals surface area contributed by atoms with Crippen molar-refractivity contribution in [2.45, 2.75) is 48.7 Å². The van der Waals surface area contributed by atoms with E-state index in [2.05, 4.69) is 10.6 Å². The van der Waals surface area contributed by atoms with Crippen molar-refractivity contribution in [1.82, 2.24) is 10.2 Å². The largest absolute Gasteiger partial charge is 0.490 e. The molecule has 47 heavy (non-hydrogen) atoms. The molecule has 0 spiro atoms. The molecule has 1 aliphatic heterocycles. The van der Waals surface area contributed by atoms with E-state index in [0.717, 1.165) is 0 Å². The van der Waals surface area contributed by atoms with E-state index < -0.39 is 39.0 Å². The second-order valence-corrected chi connectivity index (χ2v) is 13.8.